The van der Waals surface area contributed by atoms with Gasteiger partial charge in [0.15, 0.2) is 5.82 Å². The predicted octanol–water partition coefficient (Wildman–Crippen LogP) is 2.58. The van der Waals surface area contributed by atoms with Crippen molar-refractivity contribution in [2.45, 2.75) is 24.9 Å². The lowest BCUT2D eigenvalue weighted by Crippen LogP contribution is -2.49. The van der Waals surface area contributed by atoms with Crippen LogP contribution in [0.5, 0.6) is 0 Å². The first kappa shape index (κ1) is 18.0. The Labute approximate surface area is 169 Å². The molecule has 4 heterocycles. The summed E-state index contributed by atoms with van der Waals surface area (Å²) in [5.74, 6) is 0.742. The van der Waals surface area contributed by atoms with Crippen LogP contribution < -0.4 is 0 Å². The first-order valence-electron chi connectivity index (χ1n) is 9.99. The number of ether oxygens (including phenoxy) is 1. The van der Waals surface area contributed by atoms with E-state index >= 15 is 0 Å². The highest BCUT2D eigenvalue weighted by atomic mass is 16.5. The van der Waals surface area contributed by atoms with Crippen LogP contribution in [0.3, 0.4) is 0 Å². The van der Waals surface area contributed by atoms with E-state index in [1.54, 1.807) is 24.0 Å². The average Bonchev–Trinajstić information content (AvgIpc) is 3.20. The van der Waals surface area contributed by atoms with Crippen LogP contribution in [0.1, 0.15) is 34.6 Å². The number of hydrogen-bond donors (Lipinski definition) is 0. The van der Waals surface area contributed by atoms with Gasteiger partial charge in [-0.1, -0.05) is 30.3 Å². The lowest BCUT2D eigenvalue weighted by Gasteiger charge is -2.44. The number of aromatic nitrogens is 4. The van der Waals surface area contributed by atoms with E-state index in [1.165, 1.54) is 0 Å². The standard InChI is InChI=1S/C22H23N5O2/c1-26-18(7-11-24-26)21(28)27-12-9-22(10-13-27)19-17(8-14-29-22)15-23-20(25-19)16-5-3-2-4-6-16/h2-7,11,15H,8-10,12-14H2,1H3. The summed E-state index contributed by atoms with van der Waals surface area (Å²) in [7, 11) is 1.79. The second kappa shape index (κ2) is 7.08. The molecule has 0 aliphatic carbocycles. The molecule has 1 saturated heterocycles. The molecule has 29 heavy (non-hydrogen) atoms. The van der Waals surface area contributed by atoms with Crippen LogP contribution in [0.4, 0.5) is 0 Å². The van der Waals surface area contributed by atoms with E-state index < -0.39 is 5.60 Å². The number of piperidine rings is 1. The van der Waals surface area contributed by atoms with Gasteiger partial charge in [0, 0.05) is 38.1 Å². The molecule has 2 aliphatic heterocycles. The molecule has 0 unspecified atom stereocenters. The molecule has 0 bridgehead atoms. The molecular weight excluding hydrogens is 366 g/mol. The normalized spacial score (nSPS) is 17.9. The third-order valence-corrected chi connectivity index (χ3v) is 5.98. The SMILES string of the molecule is Cn1nccc1C(=O)N1CCC2(CC1)OCCc1cnc(-c3ccccc3)nc12. The van der Waals surface area contributed by atoms with Crippen LogP contribution >= 0.6 is 0 Å². The van der Waals surface area contributed by atoms with Crippen molar-refractivity contribution in [2.75, 3.05) is 19.7 Å². The molecule has 0 radical (unpaired) electrons. The highest BCUT2D eigenvalue weighted by Gasteiger charge is 2.43. The Balaban J connectivity index is 1.42. The number of carbonyl (C=O) groups excluding carboxylic acids is 1. The van der Waals surface area contributed by atoms with Gasteiger partial charge in [0.05, 0.1) is 12.3 Å². The summed E-state index contributed by atoms with van der Waals surface area (Å²) < 4.78 is 7.94. The first-order valence-corrected chi connectivity index (χ1v) is 9.99. The van der Waals surface area contributed by atoms with Gasteiger partial charge in [0.25, 0.3) is 5.91 Å². The van der Waals surface area contributed by atoms with Gasteiger partial charge in [0.2, 0.25) is 0 Å². The minimum Gasteiger partial charge on any atom is -0.368 e. The smallest absolute Gasteiger partial charge is 0.272 e. The van der Waals surface area contributed by atoms with Crippen LogP contribution in [0.2, 0.25) is 0 Å². The van der Waals surface area contributed by atoms with Crippen molar-refractivity contribution in [3.8, 4) is 11.4 Å². The van der Waals surface area contributed by atoms with Gasteiger partial charge in [-0.2, -0.15) is 5.10 Å². The fourth-order valence-corrected chi connectivity index (χ4v) is 4.33. The number of nitrogens with zero attached hydrogens (tertiary/aromatic N) is 5. The Kier molecular flexibility index (Phi) is 4.39. The molecule has 1 aromatic carbocycles. The summed E-state index contributed by atoms with van der Waals surface area (Å²) >= 11 is 0. The molecule has 5 rings (SSSR count). The van der Waals surface area contributed by atoms with Gasteiger partial charge in [-0.05, 0) is 30.9 Å². The molecule has 148 valence electrons. The van der Waals surface area contributed by atoms with E-state index in [0.29, 0.717) is 25.4 Å². The Morgan fingerprint density at radius 1 is 1.14 bits per heavy atom. The molecule has 1 amide bonds. The quantitative estimate of drug-likeness (QED) is 0.674. The van der Waals surface area contributed by atoms with Gasteiger partial charge in [0.1, 0.15) is 11.3 Å². The molecule has 7 nitrogen and oxygen atoms in total. The Morgan fingerprint density at radius 2 is 1.93 bits per heavy atom. The number of fused-ring (bicyclic) bond motifs is 2. The topological polar surface area (TPSA) is 73.1 Å². The Bertz CT molecular complexity index is 1040. The zero-order valence-electron chi connectivity index (χ0n) is 16.4. The Hall–Kier alpha value is -3.06. The molecule has 0 saturated carbocycles. The minimum absolute atomic E-state index is 0.0172. The number of hydrogen-bond acceptors (Lipinski definition) is 5. The monoisotopic (exact) mass is 389 g/mol. The van der Waals surface area contributed by atoms with Crippen LogP contribution in [-0.4, -0.2) is 50.3 Å². The lowest BCUT2D eigenvalue weighted by molar-refractivity contribution is -0.0967. The zero-order chi connectivity index (χ0) is 19.8. The molecule has 7 heteroatoms. The number of rotatable bonds is 2. The van der Waals surface area contributed by atoms with Crippen molar-refractivity contribution in [1.82, 2.24) is 24.6 Å². The highest BCUT2D eigenvalue weighted by Crippen LogP contribution is 2.41. The Morgan fingerprint density at radius 3 is 2.66 bits per heavy atom. The highest BCUT2D eigenvalue weighted by molar-refractivity contribution is 5.92. The lowest BCUT2D eigenvalue weighted by atomic mass is 9.83. The minimum atomic E-state index is -0.441. The van der Waals surface area contributed by atoms with E-state index in [0.717, 1.165) is 41.9 Å². The third-order valence-electron chi connectivity index (χ3n) is 5.98. The zero-order valence-corrected chi connectivity index (χ0v) is 16.4. The number of amides is 1. The van der Waals surface area contributed by atoms with Crippen molar-refractivity contribution >= 4 is 5.91 Å². The maximum atomic E-state index is 12.8. The van der Waals surface area contributed by atoms with E-state index in [4.69, 9.17) is 9.72 Å². The molecule has 1 fully saturated rings. The molecule has 2 aliphatic rings. The number of benzene rings is 1. The fraction of sp³-hybridized carbons (Fsp3) is 0.364. The summed E-state index contributed by atoms with van der Waals surface area (Å²) in [6.45, 7) is 1.93. The molecule has 0 N–H and O–H groups in total. The summed E-state index contributed by atoms with van der Waals surface area (Å²) in [4.78, 5) is 24.3. The van der Waals surface area contributed by atoms with Crippen molar-refractivity contribution in [3.63, 3.8) is 0 Å². The second-order valence-electron chi connectivity index (χ2n) is 7.66. The van der Waals surface area contributed by atoms with Crippen molar-refractivity contribution in [1.29, 1.82) is 0 Å². The third kappa shape index (κ3) is 3.11. The van der Waals surface area contributed by atoms with Crippen molar-refractivity contribution in [2.24, 2.45) is 7.05 Å². The van der Waals surface area contributed by atoms with E-state index in [1.807, 2.05) is 41.4 Å². The maximum absolute atomic E-state index is 12.8. The van der Waals surface area contributed by atoms with Gasteiger partial charge in [-0.25, -0.2) is 9.97 Å². The molecule has 1 spiro atoms. The van der Waals surface area contributed by atoms with Crippen LogP contribution in [0.15, 0.2) is 48.8 Å². The molecule has 3 aromatic rings. The predicted molar refractivity (Wildman–Crippen MR) is 107 cm³/mol. The average molecular weight is 389 g/mol. The van der Waals surface area contributed by atoms with Gasteiger partial charge in [-0.15, -0.1) is 0 Å². The summed E-state index contributed by atoms with van der Waals surface area (Å²) in [5, 5.41) is 4.11. The fourth-order valence-electron chi connectivity index (χ4n) is 4.33. The van der Waals surface area contributed by atoms with Crippen molar-refractivity contribution in [3.05, 3.63) is 65.7 Å². The number of aryl methyl sites for hydroxylation is 1. The first-order chi connectivity index (χ1) is 14.2. The van der Waals surface area contributed by atoms with Crippen LogP contribution in [-0.2, 0) is 23.8 Å². The van der Waals surface area contributed by atoms with Gasteiger partial charge >= 0.3 is 0 Å². The largest absolute Gasteiger partial charge is 0.368 e. The summed E-state index contributed by atoms with van der Waals surface area (Å²) in [6, 6.07) is 11.8. The van der Waals surface area contributed by atoms with E-state index in [-0.39, 0.29) is 5.91 Å². The van der Waals surface area contributed by atoms with Crippen LogP contribution in [0, 0.1) is 0 Å². The van der Waals surface area contributed by atoms with E-state index in [9.17, 15) is 4.79 Å². The molecular formula is C22H23N5O2. The van der Waals surface area contributed by atoms with Crippen molar-refractivity contribution < 1.29 is 9.53 Å². The van der Waals surface area contributed by atoms with Gasteiger partial charge in [-0.3, -0.25) is 9.48 Å². The summed E-state index contributed by atoms with van der Waals surface area (Å²) in [5.41, 5.74) is 3.32. The molecule has 0 atom stereocenters. The van der Waals surface area contributed by atoms with Crippen LogP contribution in [0.25, 0.3) is 11.4 Å². The number of carbonyl (C=O) groups is 1. The summed E-state index contributed by atoms with van der Waals surface area (Å²) in [6.07, 6.45) is 5.89. The van der Waals surface area contributed by atoms with Gasteiger partial charge < -0.3 is 9.64 Å². The number of likely N-dealkylation sites (tertiary alicyclic amines) is 1. The second-order valence-corrected chi connectivity index (χ2v) is 7.66. The molecule has 2 aromatic heterocycles. The van der Waals surface area contributed by atoms with E-state index in [2.05, 4.69) is 10.1 Å². The maximum Gasteiger partial charge on any atom is 0.272 e.